The third kappa shape index (κ3) is 3.12. The van der Waals surface area contributed by atoms with Gasteiger partial charge in [-0.3, -0.25) is 19.8 Å². The highest BCUT2D eigenvalue weighted by molar-refractivity contribution is 6.10. The van der Waals surface area contributed by atoms with Gasteiger partial charge in [0.2, 0.25) is 11.8 Å². The number of amides is 2. The second-order valence-corrected chi connectivity index (χ2v) is 9.34. The summed E-state index contributed by atoms with van der Waals surface area (Å²) in [6.45, 7) is 0. The number of fused-ring (bicyclic) bond motifs is 1. The maximum absolute atomic E-state index is 13.9. The van der Waals surface area contributed by atoms with Crippen molar-refractivity contribution in [1.29, 1.82) is 0 Å². The lowest BCUT2D eigenvalue weighted by molar-refractivity contribution is -0.153. The molecule has 8 heteroatoms. The number of carbonyl (C=O) groups excluding carboxylic acids is 2. The van der Waals surface area contributed by atoms with Gasteiger partial charge in [-0.2, -0.15) is 0 Å². The molecule has 2 saturated heterocycles. The SMILES string of the molecule is COc1cccc(C2NC(C(=O)O)(c3ccccc3)C3C(=O)N(C4CCCCC4)C(=O)C23)c1O. The molecule has 178 valence electrons. The molecule has 2 aromatic carbocycles. The second kappa shape index (κ2) is 8.43. The summed E-state index contributed by atoms with van der Waals surface area (Å²) in [4.78, 5) is 42.0. The molecule has 0 radical (unpaired) electrons. The van der Waals surface area contributed by atoms with E-state index in [1.54, 1.807) is 48.5 Å². The number of carboxylic acids is 1. The van der Waals surface area contributed by atoms with Crippen LogP contribution in [0.25, 0.3) is 0 Å². The molecule has 3 N–H and O–H groups in total. The maximum atomic E-state index is 13.9. The van der Waals surface area contributed by atoms with Gasteiger partial charge in [-0.15, -0.1) is 0 Å². The molecule has 3 fully saturated rings. The Kier molecular flexibility index (Phi) is 5.56. The number of phenols is 1. The molecule has 1 aliphatic carbocycles. The zero-order chi connectivity index (χ0) is 24.0. The molecule has 2 aromatic rings. The van der Waals surface area contributed by atoms with Gasteiger partial charge in [0.1, 0.15) is 0 Å². The minimum atomic E-state index is -1.82. The van der Waals surface area contributed by atoms with Crippen LogP contribution < -0.4 is 10.1 Å². The van der Waals surface area contributed by atoms with Crippen molar-refractivity contribution in [3.8, 4) is 11.5 Å². The average Bonchev–Trinajstić information content (AvgIpc) is 3.35. The summed E-state index contributed by atoms with van der Waals surface area (Å²) in [6.07, 6.45) is 4.37. The molecular formula is C26H28N2O6. The summed E-state index contributed by atoms with van der Waals surface area (Å²) in [5, 5.41) is 24.6. The number of likely N-dealkylation sites (tertiary alicyclic amines) is 1. The number of aliphatic carboxylic acids is 1. The van der Waals surface area contributed by atoms with Crippen LogP contribution in [0.2, 0.25) is 0 Å². The van der Waals surface area contributed by atoms with Crippen LogP contribution in [-0.2, 0) is 19.9 Å². The first kappa shape index (κ1) is 22.4. The van der Waals surface area contributed by atoms with Gasteiger partial charge in [-0.1, -0.05) is 61.7 Å². The number of imide groups is 1. The summed E-state index contributed by atoms with van der Waals surface area (Å²) in [5.41, 5.74) is -1.09. The first-order valence-corrected chi connectivity index (χ1v) is 11.7. The van der Waals surface area contributed by atoms with E-state index in [1.165, 1.54) is 12.0 Å². The Morgan fingerprint density at radius 3 is 2.38 bits per heavy atom. The predicted molar refractivity (Wildman–Crippen MR) is 122 cm³/mol. The number of carboxylic acid groups (broad SMARTS) is 1. The molecule has 34 heavy (non-hydrogen) atoms. The lowest BCUT2D eigenvalue weighted by Crippen LogP contribution is -2.54. The molecule has 0 bridgehead atoms. The summed E-state index contributed by atoms with van der Waals surface area (Å²) in [7, 11) is 1.42. The number of para-hydroxylation sites is 1. The number of carbonyl (C=O) groups is 3. The van der Waals surface area contributed by atoms with E-state index >= 15 is 0 Å². The Morgan fingerprint density at radius 1 is 1.03 bits per heavy atom. The number of benzene rings is 2. The fraction of sp³-hybridized carbons (Fsp3) is 0.423. The molecule has 2 aliphatic heterocycles. The van der Waals surface area contributed by atoms with Crippen molar-refractivity contribution in [1.82, 2.24) is 10.2 Å². The summed E-state index contributed by atoms with van der Waals surface area (Å²) >= 11 is 0. The van der Waals surface area contributed by atoms with Crippen LogP contribution in [0.3, 0.4) is 0 Å². The number of ether oxygens (including phenoxy) is 1. The van der Waals surface area contributed by atoms with Gasteiger partial charge in [0, 0.05) is 17.6 Å². The lowest BCUT2D eigenvalue weighted by Gasteiger charge is -2.35. The monoisotopic (exact) mass is 464 g/mol. The van der Waals surface area contributed by atoms with E-state index in [0.29, 0.717) is 11.1 Å². The van der Waals surface area contributed by atoms with E-state index in [1.807, 2.05) is 0 Å². The van der Waals surface area contributed by atoms with Crippen molar-refractivity contribution in [2.24, 2.45) is 11.8 Å². The molecule has 4 unspecified atom stereocenters. The van der Waals surface area contributed by atoms with Gasteiger partial charge in [-0.05, 0) is 24.5 Å². The Labute approximate surface area is 197 Å². The predicted octanol–water partition coefficient (Wildman–Crippen LogP) is 2.96. The van der Waals surface area contributed by atoms with E-state index in [4.69, 9.17) is 4.74 Å². The van der Waals surface area contributed by atoms with Crippen molar-refractivity contribution in [3.63, 3.8) is 0 Å². The molecule has 0 aromatic heterocycles. The van der Waals surface area contributed by atoms with Crippen molar-refractivity contribution >= 4 is 17.8 Å². The number of nitrogens with one attached hydrogen (secondary N) is 1. The molecular weight excluding hydrogens is 436 g/mol. The summed E-state index contributed by atoms with van der Waals surface area (Å²) in [5.74, 6) is -4.13. The first-order valence-electron chi connectivity index (χ1n) is 11.7. The zero-order valence-corrected chi connectivity index (χ0v) is 18.9. The molecule has 8 nitrogen and oxygen atoms in total. The number of hydrogen-bond donors (Lipinski definition) is 3. The number of aromatic hydroxyl groups is 1. The largest absolute Gasteiger partial charge is 0.504 e. The van der Waals surface area contributed by atoms with E-state index in [0.717, 1.165) is 32.1 Å². The topological polar surface area (TPSA) is 116 Å². The van der Waals surface area contributed by atoms with Crippen LogP contribution in [0.5, 0.6) is 11.5 Å². The minimum Gasteiger partial charge on any atom is -0.504 e. The molecule has 0 spiro atoms. The number of nitrogens with zero attached hydrogens (tertiary/aromatic N) is 1. The average molecular weight is 465 g/mol. The fourth-order valence-corrected chi connectivity index (χ4v) is 6.14. The lowest BCUT2D eigenvalue weighted by atomic mass is 9.75. The summed E-state index contributed by atoms with van der Waals surface area (Å²) in [6, 6.07) is 12.3. The second-order valence-electron chi connectivity index (χ2n) is 9.34. The quantitative estimate of drug-likeness (QED) is 0.583. The number of hydrogen-bond acceptors (Lipinski definition) is 6. The highest BCUT2D eigenvalue weighted by Crippen LogP contribution is 2.55. The van der Waals surface area contributed by atoms with Gasteiger partial charge in [0.05, 0.1) is 18.9 Å². The normalized spacial score (nSPS) is 29.3. The summed E-state index contributed by atoms with van der Waals surface area (Å²) < 4.78 is 5.25. The standard InChI is InChI=1S/C26H28N2O6/c1-34-18-14-8-13-17(22(18)29)21-19-20(24(31)28(23(19)30)16-11-6-3-7-12-16)26(27-21,25(32)33)15-9-4-2-5-10-15/h2,4-5,8-10,13-14,16,19-21,27,29H,3,6-7,11-12H2,1H3,(H,32,33). The molecule has 2 heterocycles. The Hall–Kier alpha value is -3.39. The highest BCUT2D eigenvalue weighted by atomic mass is 16.5. The molecule has 1 saturated carbocycles. The minimum absolute atomic E-state index is 0.174. The third-order valence-electron chi connectivity index (χ3n) is 7.69. The first-order chi connectivity index (χ1) is 16.4. The third-order valence-corrected chi connectivity index (χ3v) is 7.69. The fourth-order valence-electron chi connectivity index (χ4n) is 6.14. The van der Waals surface area contributed by atoms with Crippen LogP contribution in [0.15, 0.2) is 48.5 Å². The Bertz CT molecular complexity index is 1130. The van der Waals surface area contributed by atoms with Crippen molar-refractivity contribution in [3.05, 3.63) is 59.7 Å². The van der Waals surface area contributed by atoms with Crippen LogP contribution in [-0.4, -0.2) is 46.0 Å². The maximum Gasteiger partial charge on any atom is 0.329 e. The molecule has 5 rings (SSSR count). The van der Waals surface area contributed by atoms with E-state index in [2.05, 4.69) is 5.32 Å². The van der Waals surface area contributed by atoms with Gasteiger partial charge in [0.25, 0.3) is 0 Å². The Morgan fingerprint density at radius 2 is 1.74 bits per heavy atom. The van der Waals surface area contributed by atoms with Crippen molar-refractivity contribution in [2.45, 2.75) is 49.7 Å². The number of phenolic OH excluding ortho intramolecular Hbond substituents is 1. The van der Waals surface area contributed by atoms with Crippen LogP contribution in [0.4, 0.5) is 0 Å². The molecule has 4 atom stereocenters. The van der Waals surface area contributed by atoms with Gasteiger partial charge >= 0.3 is 5.97 Å². The van der Waals surface area contributed by atoms with E-state index < -0.39 is 35.3 Å². The van der Waals surface area contributed by atoms with Crippen LogP contribution in [0.1, 0.15) is 49.3 Å². The smallest absolute Gasteiger partial charge is 0.329 e. The van der Waals surface area contributed by atoms with E-state index in [9.17, 15) is 24.6 Å². The van der Waals surface area contributed by atoms with Crippen LogP contribution in [0, 0.1) is 11.8 Å². The number of methoxy groups -OCH3 is 1. The zero-order valence-electron chi connectivity index (χ0n) is 18.9. The van der Waals surface area contributed by atoms with Crippen LogP contribution >= 0.6 is 0 Å². The Balaban J connectivity index is 1.69. The van der Waals surface area contributed by atoms with Crippen molar-refractivity contribution in [2.75, 3.05) is 7.11 Å². The van der Waals surface area contributed by atoms with Gasteiger partial charge < -0.3 is 14.9 Å². The van der Waals surface area contributed by atoms with E-state index in [-0.39, 0.29) is 23.4 Å². The number of rotatable bonds is 5. The molecule has 2 amide bonds. The van der Waals surface area contributed by atoms with Crippen molar-refractivity contribution < 1.29 is 29.3 Å². The molecule has 3 aliphatic rings. The van der Waals surface area contributed by atoms with Gasteiger partial charge in [0.15, 0.2) is 17.0 Å². The van der Waals surface area contributed by atoms with Gasteiger partial charge in [-0.25, -0.2) is 4.79 Å². The highest BCUT2D eigenvalue weighted by Gasteiger charge is 2.70.